The van der Waals surface area contributed by atoms with Gasteiger partial charge in [0, 0.05) is 48.9 Å². The fourth-order valence-electron chi connectivity index (χ4n) is 4.17. The molecule has 2 heterocycles. The Morgan fingerprint density at radius 1 is 0.897 bits per heavy atom. The predicted molar refractivity (Wildman–Crippen MR) is 116 cm³/mol. The van der Waals surface area contributed by atoms with E-state index in [4.69, 9.17) is 21.1 Å². The van der Waals surface area contributed by atoms with Crippen LogP contribution < -0.4 is 10.6 Å². The molecule has 5 nitrogen and oxygen atoms in total. The van der Waals surface area contributed by atoms with E-state index in [1.165, 1.54) is 0 Å². The van der Waals surface area contributed by atoms with Crippen molar-refractivity contribution in [3.8, 4) is 0 Å². The van der Waals surface area contributed by atoms with Crippen LogP contribution in [0, 0.1) is 0 Å². The summed E-state index contributed by atoms with van der Waals surface area (Å²) >= 11 is 6.47. The van der Waals surface area contributed by atoms with Crippen molar-refractivity contribution < 1.29 is 14.3 Å². The van der Waals surface area contributed by atoms with Crippen molar-refractivity contribution in [3.63, 3.8) is 0 Å². The van der Waals surface area contributed by atoms with Gasteiger partial charge in [0.15, 0.2) is 0 Å². The third kappa shape index (κ3) is 4.58. The minimum atomic E-state index is -0.671. The number of amides is 1. The molecule has 2 aromatic carbocycles. The Balaban J connectivity index is 1.48. The number of nitrogens with one attached hydrogen (secondary N) is 2. The molecule has 0 atom stereocenters. The molecule has 2 aromatic rings. The number of carbonyl (C=O) groups is 1. The summed E-state index contributed by atoms with van der Waals surface area (Å²) in [6.45, 7) is 2.71. The van der Waals surface area contributed by atoms with E-state index in [0.29, 0.717) is 37.1 Å². The van der Waals surface area contributed by atoms with Gasteiger partial charge in [0.05, 0.1) is 5.41 Å². The van der Waals surface area contributed by atoms with E-state index in [-0.39, 0.29) is 5.91 Å². The fourth-order valence-corrected chi connectivity index (χ4v) is 4.48. The van der Waals surface area contributed by atoms with Crippen molar-refractivity contribution in [2.75, 3.05) is 37.1 Å². The molecule has 2 saturated heterocycles. The first-order chi connectivity index (χ1) is 14.2. The Bertz CT molecular complexity index is 828. The van der Waals surface area contributed by atoms with Crippen LogP contribution in [0.15, 0.2) is 48.5 Å². The van der Waals surface area contributed by atoms with Crippen LogP contribution in [0.25, 0.3) is 0 Å². The molecule has 29 heavy (non-hydrogen) atoms. The third-order valence-corrected chi connectivity index (χ3v) is 6.23. The predicted octanol–water partition coefficient (Wildman–Crippen LogP) is 4.62. The number of rotatable bonds is 5. The Kier molecular flexibility index (Phi) is 6.38. The molecule has 0 aliphatic carbocycles. The van der Waals surface area contributed by atoms with Crippen molar-refractivity contribution >= 4 is 28.9 Å². The second-order valence-corrected chi connectivity index (χ2v) is 8.14. The van der Waals surface area contributed by atoms with Gasteiger partial charge in [0.1, 0.15) is 0 Å². The van der Waals surface area contributed by atoms with E-state index in [1.54, 1.807) is 0 Å². The van der Waals surface area contributed by atoms with Crippen molar-refractivity contribution in [1.82, 2.24) is 0 Å². The highest BCUT2D eigenvalue weighted by molar-refractivity contribution is 6.31. The maximum Gasteiger partial charge on any atom is 0.235 e. The first-order valence-electron chi connectivity index (χ1n) is 10.3. The molecule has 2 N–H and O–H groups in total. The second-order valence-electron chi connectivity index (χ2n) is 7.74. The SMILES string of the molecule is O=C(Nc1ccc(NC2CCOCC2)cc1)C1(c2ccccc2Cl)CCOCC1. The van der Waals surface area contributed by atoms with Crippen LogP contribution in [-0.4, -0.2) is 38.4 Å². The van der Waals surface area contributed by atoms with E-state index in [9.17, 15) is 4.79 Å². The first-order valence-corrected chi connectivity index (χ1v) is 10.6. The quantitative estimate of drug-likeness (QED) is 0.749. The summed E-state index contributed by atoms with van der Waals surface area (Å²) in [5.41, 5.74) is 2.04. The molecule has 0 aromatic heterocycles. The number of hydrogen-bond donors (Lipinski definition) is 2. The molecule has 6 heteroatoms. The summed E-state index contributed by atoms with van der Waals surface area (Å²) in [7, 11) is 0. The van der Waals surface area contributed by atoms with Gasteiger partial charge in [-0.2, -0.15) is 0 Å². The fraction of sp³-hybridized carbons (Fsp3) is 0.435. The normalized spacial score (nSPS) is 19.5. The third-order valence-electron chi connectivity index (χ3n) is 5.91. The van der Waals surface area contributed by atoms with Crippen LogP contribution in [0.3, 0.4) is 0 Å². The Morgan fingerprint density at radius 2 is 1.52 bits per heavy atom. The largest absolute Gasteiger partial charge is 0.382 e. The van der Waals surface area contributed by atoms with Crippen LogP contribution in [0.1, 0.15) is 31.2 Å². The number of carbonyl (C=O) groups excluding carboxylic acids is 1. The lowest BCUT2D eigenvalue weighted by molar-refractivity contribution is -0.125. The summed E-state index contributed by atoms with van der Waals surface area (Å²) in [5.74, 6) is -0.0287. The molecule has 0 bridgehead atoms. The van der Waals surface area contributed by atoms with Gasteiger partial charge in [-0.3, -0.25) is 4.79 Å². The van der Waals surface area contributed by atoms with E-state index in [2.05, 4.69) is 10.6 Å². The van der Waals surface area contributed by atoms with E-state index >= 15 is 0 Å². The summed E-state index contributed by atoms with van der Waals surface area (Å²) in [5, 5.41) is 7.27. The highest BCUT2D eigenvalue weighted by Gasteiger charge is 2.43. The lowest BCUT2D eigenvalue weighted by Gasteiger charge is -2.36. The number of benzene rings is 2. The smallest absolute Gasteiger partial charge is 0.235 e. The Labute approximate surface area is 176 Å². The van der Waals surface area contributed by atoms with Gasteiger partial charge in [0.2, 0.25) is 5.91 Å². The Hall–Kier alpha value is -2.08. The van der Waals surface area contributed by atoms with Crippen molar-refractivity contribution in [1.29, 1.82) is 0 Å². The number of ether oxygens (including phenoxy) is 2. The molecule has 2 fully saturated rings. The van der Waals surface area contributed by atoms with Crippen molar-refractivity contribution in [2.45, 2.75) is 37.1 Å². The molecule has 1 amide bonds. The molecule has 0 saturated carbocycles. The molecule has 154 valence electrons. The van der Waals surface area contributed by atoms with E-state index < -0.39 is 5.41 Å². The van der Waals surface area contributed by atoms with Gasteiger partial charge in [-0.25, -0.2) is 0 Å². The zero-order valence-corrected chi connectivity index (χ0v) is 17.2. The maximum absolute atomic E-state index is 13.4. The van der Waals surface area contributed by atoms with Gasteiger partial charge in [0.25, 0.3) is 0 Å². The first kappa shape index (κ1) is 20.2. The van der Waals surface area contributed by atoms with E-state index in [1.807, 2.05) is 48.5 Å². The van der Waals surface area contributed by atoms with Crippen LogP contribution >= 0.6 is 11.6 Å². The van der Waals surface area contributed by atoms with Gasteiger partial charge < -0.3 is 20.1 Å². The zero-order chi connectivity index (χ0) is 20.1. The van der Waals surface area contributed by atoms with Crippen LogP contribution in [0.4, 0.5) is 11.4 Å². The summed E-state index contributed by atoms with van der Waals surface area (Å²) < 4.78 is 10.9. The number of anilines is 2. The van der Waals surface area contributed by atoms with Gasteiger partial charge in [-0.05, 0) is 61.6 Å². The molecule has 2 aliphatic rings. The lowest BCUT2D eigenvalue weighted by Crippen LogP contribution is -2.45. The number of halogens is 1. The average Bonchev–Trinajstić information content (AvgIpc) is 2.76. The van der Waals surface area contributed by atoms with Crippen LogP contribution in [-0.2, 0) is 19.7 Å². The van der Waals surface area contributed by atoms with Crippen LogP contribution in [0.2, 0.25) is 5.02 Å². The van der Waals surface area contributed by atoms with Crippen molar-refractivity contribution in [2.24, 2.45) is 0 Å². The van der Waals surface area contributed by atoms with Gasteiger partial charge in [-0.15, -0.1) is 0 Å². The standard InChI is InChI=1S/C23H27ClN2O3/c24-21-4-2-1-3-20(21)23(11-15-29-16-12-23)22(27)26-18-7-5-17(6-8-18)25-19-9-13-28-14-10-19/h1-8,19,25H,9-16H2,(H,26,27). The van der Waals surface area contributed by atoms with Gasteiger partial charge >= 0.3 is 0 Å². The summed E-state index contributed by atoms with van der Waals surface area (Å²) in [6.07, 6.45) is 3.26. The maximum atomic E-state index is 13.4. The molecular weight excluding hydrogens is 388 g/mol. The van der Waals surface area contributed by atoms with Crippen LogP contribution in [0.5, 0.6) is 0 Å². The van der Waals surface area contributed by atoms with E-state index in [0.717, 1.165) is 43.0 Å². The monoisotopic (exact) mass is 414 g/mol. The van der Waals surface area contributed by atoms with Crippen molar-refractivity contribution in [3.05, 3.63) is 59.1 Å². The summed E-state index contributed by atoms with van der Waals surface area (Å²) in [6, 6.07) is 16.0. The minimum absolute atomic E-state index is 0.0287. The number of hydrogen-bond acceptors (Lipinski definition) is 4. The summed E-state index contributed by atoms with van der Waals surface area (Å²) in [4.78, 5) is 13.4. The molecule has 4 rings (SSSR count). The zero-order valence-electron chi connectivity index (χ0n) is 16.5. The van der Waals surface area contributed by atoms with Gasteiger partial charge in [-0.1, -0.05) is 29.8 Å². The average molecular weight is 415 g/mol. The Morgan fingerprint density at radius 3 is 2.21 bits per heavy atom. The molecule has 0 unspecified atom stereocenters. The topological polar surface area (TPSA) is 59.6 Å². The molecule has 2 aliphatic heterocycles. The molecular formula is C23H27ClN2O3. The molecule has 0 radical (unpaired) electrons. The second kappa shape index (κ2) is 9.16. The lowest BCUT2D eigenvalue weighted by atomic mass is 9.73. The minimum Gasteiger partial charge on any atom is -0.382 e. The molecule has 0 spiro atoms. The highest BCUT2D eigenvalue weighted by Crippen LogP contribution is 2.39. The highest BCUT2D eigenvalue weighted by atomic mass is 35.5.